The summed E-state index contributed by atoms with van der Waals surface area (Å²) >= 11 is 0. The molecule has 0 aliphatic heterocycles. The number of hydrogen-bond donors (Lipinski definition) is 2. The fraction of sp³-hybridized carbons (Fsp3) is 0.455. The van der Waals surface area contributed by atoms with Crippen molar-refractivity contribution in [1.82, 2.24) is 10.3 Å². The maximum absolute atomic E-state index is 11.1. The monoisotopic (exact) mass is 206 g/mol. The van der Waals surface area contributed by atoms with Gasteiger partial charge in [-0.25, -0.2) is 0 Å². The molecule has 1 fully saturated rings. The molecule has 0 aromatic carbocycles. The lowest BCUT2D eigenvalue weighted by Gasteiger charge is -2.13. The largest absolute Gasteiger partial charge is 0.480 e. The van der Waals surface area contributed by atoms with Gasteiger partial charge in [0.25, 0.3) is 0 Å². The third-order valence-corrected chi connectivity index (χ3v) is 2.49. The normalized spacial score (nSPS) is 17.4. The molecule has 1 aliphatic carbocycles. The number of rotatable bonds is 4. The zero-order chi connectivity index (χ0) is 10.8. The molecule has 0 bridgehead atoms. The summed E-state index contributed by atoms with van der Waals surface area (Å²) in [6.07, 6.45) is 3.77. The molecule has 0 radical (unpaired) electrons. The van der Waals surface area contributed by atoms with Gasteiger partial charge in [0, 0.05) is 17.9 Å². The molecular weight excluding hydrogens is 192 g/mol. The van der Waals surface area contributed by atoms with E-state index >= 15 is 0 Å². The summed E-state index contributed by atoms with van der Waals surface area (Å²) in [6.45, 7) is 1.88. The van der Waals surface area contributed by atoms with Crippen molar-refractivity contribution in [2.24, 2.45) is 0 Å². The van der Waals surface area contributed by atoms with Gasteiger partial charge in [-0.3, -0.25) is 15.1 Å². The highest BCUT2D eigenvalue weighted by molar-refractivity contribution is 5.75. The lowest BCUT2D eigenvalue weighted by Crippen LogP contribution is -2.30. The number of hydrogen-bond acceptors (Lipinski definition) is 3. The summed E-state index contributed by atoms with van der Waals surface area (Å²) in [5.74, 6) is -0.840. The van der Waals surface area contributed by atoms with Gasteiger partial charge in [0.2, 0.25) is 0 Å². The van der Waals surface area contributed by atoms with Crippen LogP contribution in [0.3, 0.4) is 0 Å². The molecule has 1 aromatic rings. The van der Waals surface area contributed by atoms with Crippen molar-refractivity contribution in [3.05, 3.63) is 29.6 Å². The van der Waals surface area contributed by atoms with Crippen molar-refractivity contribution in [1.29, 1.82) is 0 Å². The van der Waals surface area contributed by atoms with E-state index in [9.17, 15) is 4.79 Å². The Morgan fingerprint density at radius 1 is 1.60 bits per heavy atom. The van der Waals surface area contributed by atoms with Crippen LogP contribution in [0.1, 0.15) is 30.1 Å². The van der Waals surface area contributed by atoms with Crippen LogP contribution in [0.5, 0.6) is 0 Å². The summed E-state index contributed by atoms with van der Waals surface area (Å²) < 4.78 is 0. The quantitative estimate of drug-likeness (QED) is 0.778. The first-order chi connectivity index (χ1) is 7.16. The highest BCUT2D eigenvalue weighted by Crippen LogP contribution is 2.24. The number of aromatic nitrogens is 1. The Hall–Kier alpha value is -1.42. The van der Waals surface area contributed by atoms with Crippen LogP contribution >= 0.6 is 0 Å². The van der Waals surface area contributed by atoms with Crippen LogP contribution in [0.15, 0.2) is 18.3 Å². The number of aryl methyl sites for hydroxylation is 1. The van der Waals surface area contributed by atoms with Gasteiger partial charge in [-0.05, 0) is 31.4 Å². The van der Waals surface area contributed by atoms with Gasteiger partial charge in [0.05, 0.1) is 0 Å². The second-order valence-corrected chi connectivity index (χ2v) is 3.95. The summed E-state index contributed by atoms with van der Waals surface area (Å²) in [7, 11) is 0. The van der Waals surface area contributed by atoms with Crippen molar-refractivity contribution in [3.63, 3.8) is 0 Å². The molecule has 2 N–H and O–H groups in total. The van der Waals surface area contributed by atoms with Crippen LogP contribution in [-0.2, 0) is 4.79 Å². The van der Waals surface area contributed by atoms with Crippen molar-refractivity contribution in [2.75, 3.05) is 0 Å². The Morgan fingerprint density at radius 3 is 2.80 bits per heavy atom. The lowest BCUT2D eigenvalue weighted by atomic mass is 10.1. The average molecular weight is 206 g/mol. The fourth-order valence-electron chi connectivity index (χ4n) is 1.45. The molecule has 80 valence electrons. The van der Waals surface area contributed by atoms with Gasteiger partial charge in [0.1, 0.15) is 6.04 Å². The van der Waals surface area contributed by atoms with E-state index < -0.39 is 12.0 Å². The highest BCUT2D eigenvalue weighted by Gasteiger charge is 2.29. The van der Waals surface area contributed by atoms with Gasteiger partial charge in [-0.2, -0.15) is 0 Å². The van der Waals surface area contributed by atoms with Gasteiger partial charge < -0.3 is 5.11 Å². The topological polar surface area (TPSA) is 62.2 Å². The Morgan fingerprint density at radius 2 is 2.33 bits per heavy atom. The SMILES string of the molecule is Cc1ccc(C(NC2CC2)C(=O)O)cn1. The van der Waals surface area contributed by atoms with Crippen LogP contribution in [0.2, 0.25) is 0 Å². The minimum absolute atomic E-state index is 0.368. The first kappa shape index (κ1) is 10.1. The van der Waals surface area contributed by atoms with E-state index in [1.54, 1.807) is 6.20 Å². The molecule has 1 unspecified atom stereocenters. The van der Waals surface area contributed by atoms with E-state index in [1.165, 1.54) is 0 Å². The molecule has 0 amide bonds. The second-order valence-electron chi connectivity index (χ2n) is 3.95. The number of nitrogens with one attached hydrogen (secondary N) is 1. The summed E-state index contributed by atoms with van der Waals surface area (Å²) in [6, 6.07) is 3.40. The number of carboxylic acids is 1. The molecule has 1 heterocycles. The molecule has 0 saturated heterocycles. The number of nitrogens with zero attached hydrogens (tertiary/aromatic N) is 1. The lowest BCUT2D eigenvalue weighted by molar-refractivity contribution is -0.139. The molecule has 2 rings (SSSR count). The van der Waals surface area contributed by atoms with Gasteiger partial charge in [0.15, 0.2) is 0 Å². The maximum atomic E-state index is 11.1. The Bertz CT molecular complexity index is 357. The number of carbonyl (C=O) groups is 1. The minimum Gasteiger partial charge on any atom is -0.480 e. The summed E-state index contributed by atoms with van der Waals surface area (Å²) in [5, 5.41) is 12.2. The average Bonchev–Trinajstić information content (AvgIpc) is 2.99. The van der Waals surface area contributed by atoms with Gasteiger partial charge >= 0.3 is 5.97 Å². The summed E-state index contributed by atoms with van der Waals surface area (Å²) in [4.78, 5) is 15.2. The third-order valence-electron chi connectivity index (χ3n) is 2.49. The Balaban J connectivity index is 2.15. The standard InChI is InChI=1S/C11H14N2O2/c1-7-2-3-8(6-12-7)10(11(14)15)13-9-4-5-9/h2-3,6,9-10,13H,4-5H2,1H3,(H,14,15). The first-order valence-corrected chi connectivity index (χ1v) is 5.08. The van der Waals surface area contributed by atoms with E-state index in [0.29, 0.717) is 6.04 Å². The van der Waals surface area contributed by atoms with Crippen LogP contribution in [0.4, 0.5) is 0 Å². The molecule has 15 heavy (non-hydrogen) atoms. The smallest absolute Gasteiger partial charge is 0.325 e. The molecule has 1 aliphatic rings. The van der Waals surface area contributed by atoms with Crippen molar-refractivity contribution in [3.8, 4) is 0 Å². The van der Waals surface area contributed by atoms with Crippen molar-refractivity contribution >= 4 is 5.97 Å². The third kappa shape index (κ3) is 2.53. The van der Waals surface area contributed by atoms with E-state index in [4.69, 9.17) is 5.11 Å². The van der Waals surface area contributed by atoms with E-state index in [-0.39, 0.29) is 0 Å². The van der Waals surface area contributed by atoms with Crippen LogP contribution < -0.4 is 5.32 Å². The maximum Gasteiger partial charge on any atom is 0.325 e. The van der Waals surface area contributed by atoms with Crippen LogP contribution in [0, 0.1) is 6.92 Å². The second kappa shape index (κ2) is 3.98. The summed E-state index contributed by atoms with van der Waals surface area (Å²) in [5.41, 5.74) is 1.62. The predicted octanol–water partition coefficient (Wildman–Crippen LogP) is 1.27. The molecular formula is C11H14N2O2. The highest BCUT2D eigenvalue weighted by atomic mass is 16.4. The minimum atomic E-state index is -0.840. The van der Waals surface area contributed by atoms with E-state index in [2.05, 4.69) is 10.3 Å². The molecule has 4 nitrogen and oxygen atoms in total. The van der Waals surface area contributed by atoms with Crippen molar-refractivity contribution < 1.29 is 9.90 Å². The number of carboxylic acid groups (broad SMARTS) is 1. The zero-order valence-corrected chi connectivity index (χ0v) is 8.60. The zero-order valence-electron chi connectivity index (χ0n) is 8.60. The first-order valence-electron chi connectivity index (χ1n) is 5.08. The van der Waals surface area contributed by atoms with E-state index in [1.807, 2.05) is 19.1 Å². The molecule has 0 spiro atoms. The molecule has 1 aromatic heterocycles. The van der Waals surface area contributed by atoms with Crippen LogP contribution in [0.25, 0.3) is 0 Å². The number of pyridine rings is 1. The molecule has 4 heteroatoms. The Labute approximate surface area is 88.3 Å². The van der Waals surface area contributed by atoms with Crippen molar-refractivity contribution in [2.45, 2.75) is 31.8 Å². The predicted molar refractivity (Wildman–Crippen MR) is 55.5 cm³/mol. The van der Waals surface area contributed by atoms with Gasteiger partial charge in [-0.15, -0.1) is 0 Å². The van der Waals surface area contributed by atoms with Gasteiger partial charge in [-0.1, -0.05) is 6.07 Å². The molecule has 1 atom stereocenters. The van der Waals surface area contributed by atoms with Crippen LogP contribution in [-0.4, -0.2) is 22.1 Å². The Kier molecular flexibility index (Phi) is 2.68. The fourth-order valence-corrected chi connectivity index (χ4v) is 1.45. The molecule has 1 saturated carbocycles. The number of aliphatic carboxylic acids is 1. The van der Waals surface area contributed by atoms with E-state index in [0.717, 1.165) is 24.1 Å².